The van der Waals surface area contributed by atoms with E-state index in [0.717, 1.165) is 0 Å². The molecule has 16 heavy (non-hydrogen) atoms. The molecule has 0 unspecified atom stereocenters. The van der Waals surface area contributed by atoms with Crippen molar-refractivity contribution in [2.45, 2.75) is 13.8 Å². The Bertz CT molecular complexity index is 482. The van der Waals surface area contributed by atoms with Gasteiger partial charge in [-0.2, -0.15) is 0 Å². The van der Waals surface area contributed by atoms with E-state index >= 15 is 0 Å². The number of rotatable bonds is 3. The molecular weight excluding hydrogens is 212 g/mol. The molecule has 0 N–H and O–H groups in total. The fourth-order valence-electron chi connectivity index (χ4n) is 1.52. The Labute approximate surface area is 101 Å². The van der Waals surface area contributed by atoms with Gasteiger partial charge in [-0.1, -0.05) is 50.3 Å². The lowest BCUT2D eigenvalue weighted by molar-refractivity contribution is 0.832. The van der Waals surface area contributed by atoms with Crippen LogP contribution in [0.4, 0.5) is 0 Å². The first kappa shape index (κ1) is 11.2. The molecule has 0 amide bonds. The normalized spacial score (nSPS) is 12.4. The van der Waals surface area contributed by atoms with Crippen molar-refractivity contribution in [3.63, 3.8) is 0 Å². The molecule has 1 aromatic carbocycles. The van der Waals surface area contributed by atoms with Crippen LogP contribution in [0, 0.1) is 5.92 Å². The average molecular weight is 228 g/mol. The Kier molecular flexibility index (Phi) is 3.58. The molecule has 0 saturated carbocycles. The maximum atomic E-state index is 2.24. The minimum atomic E-state index is 0.618. The molecule has 0 atom stereocenters. The van der Waals surface area contributed by atoms with Gasteiger partial charge >= 0.3 is 0 Å². The molecule has 0 fully saturated rings. The standard InChI is InChI=1S/C15H16S/c1-12(2)7-3-5-9-14-11-13-8-4-6-10-15(13)16-14/h3-12H,1-2H3/b7-3-,9-5-. The van der Waals surface area contributed by atoms with Crippen LogP contribution in [-0.4, -0.2) is 0 Å². The van der Waals surface area contributed by atoms with Crippen molar-refractivity contribution in [3.8, 4) is 0 Å². The molecule has 2 rings (SSSR count). The second kappa shape index (κ2) is 5.13. The summed E-state index contributed by atoms with van der Waals surface area (Å²) < 4.78 is 1.36. The van der Waals surface area contributed by atoms with Crippen molar-refractivity contribution in [1.82, 2.24) is 0 Å². The molecule has 0 bridgehead atoms. The highest BCUT2D eigenvalue weighted by Crippen LogP contribution is 2.26. The lowest BCUT2D eigenvalue weighted by Crippen LogP contribution is -1.74. The molecule has 82 valence electrons. The number of benzene rings is 1. The fraction of sp³-hybridized carbons (Fsp3) is 0.200. The smallest absolute Gasteiger partial charge is 0.0349 e. The number of fused-ring (bicyclic) bond motifs is 1. The summed E-state index contributed by atoms with van der Waals surface area (Å²) in [6, 6.07) is 10.7. The van der Waals surface area contributed by atoms with Crippen molar-refractivity contribution in [2.24, 2.45) is 5.92 Å². The van der Waals surface area contributed by atoms with Crippen LogP contribution in [0.25, 0.3) is 16.2 Å². The number of hydrogen-bond acceptors (Lipinski definition) is 1. The van der Waals surface area contributed by atoms with Gasteiger partial charge in [0, 0.05) is 9.58 Å². The van der Waals surface area contributed by atoms with Gasteiger partial charge in [-0.25, -0.2) is 0 Å². The molecular formula is C15H16S. The second-order valence-electron chi connectivity index (χ2n) is 4.17. The van der Waals surface area contributed by atoms with Gasteiger partial charge < -0.3 is 0 Å². The molecule has 0 nitrogen and oxygen atoms in total. The minimum Gasteiger partial charge on any atom is -0.136 e. The van der Waals surface area contributed by atoms with Crippen LogP contribution < -0.4 is 0 Å². The van der Waals surface area contributed by atoms with E-state index in [9.17, 15) is 0 Å². The molecule has 0 radical (unpaired) electrons. The van der Waals surface area contributed by atoms with Crippen LogP contribution in [0.2, 0.25) is 0 Å². The van der Waals surface area contributed by atoms with Crippen LogP contribution in [0.15, 0.2) is 48.6 Å². The first-order valence-electron chi connectivity index (χ1n) is 5.59. The largest absolute Gasteiger partial charge is 0.136 e. The highest BCUT2D eigenvalue weighted by molar-refractivity contribution is 7.19. The van der Waals surface area contributed by atoms with Crippen molar-refractivity contribution in [2.75, 3.05) is 0 Å². The van der Waals surface area contributed by atoms with Crippen LogP contribution >= 0.6 is 11.3 Å². The van der Waals surface area contributed by atoms with Crippen molar-refractivity contribution >= 4 is 27.5 Å². The lowest BCUT2D eigenvalue weighted by Gasteiger charge is -1.88. The topological polar surface area (TPSA) is 0 Å². The summed E-state index contributed by atoms with van der Waals surface area (Å²) in [5.41, 5.74) is 0. The number of thiophene rings is 1. The van der Waals surface area contributed by atoms with Crippen molar-refractivity contribution in [3.05, 3.63) is 53.4 Å². The molecule has 1 heterocycles. The zero-order chi connectivity index (χ0) is 11.4. The third kappa shape index (κ3) is 2.83. The van der Waals surface area contributed by atoms with E-state index < -0.39 is 0 Å². The molecule has 0 aliphatic rings. The van der Waals surface area contributed by atoms with E-state index in [1.54, 1.807) is 0 Å². The Morgan fingerprint density at radius 2 is 1.94 bits per heavy atom. The predicted octanol–water partition coefficient (Wildman–Crippen LogP) is 5.13. The van der Waals surface area contributed by atoms with E-state index in [0.29, 0.717) is 5.92 Å². The van der Waals surface area contributed by atoms with E-state index in [4.69, 9.17) is 0 Å². The van der Waals surface area contributed by atoms with Gasteiger partial charge in [0.05, 0.1) is 0 Å². The average Bonchev–Trinajstić information content (AvgIpc) is 2.66. The summed E-state index contributed by atoms with van der Waals surface area (Å²) in [5, 5.41) is 1.33. The monoisotopic (exact) mass is 228 g/mol. The highest BCUT2D eigenvalue weighted by atomic mass is 32.1. The van der Waals surface area contributed by atoms with Gasteiger partial charge in [0.25, 0.3) is 0 Å². The third-order valence-electron chi connectivity index (χ3n) is 2.31. The maximum absolute atomic E-state index is 2.24. The zero-order valence-electron chi connectivity index (χ0n) is 9.68. The molecule has 0 aliphatic heterocycles. The first-order chi connectivity index (χ1) is 7.75. The number of hydrogen-bond donors (Lipinski definition) is 0. The van der Waals surface area contributed by atoms with Crippen LogP contribution in [0.3, 0.4) is 0 Å². The summed E-state index contributed by atoms with van der Waals surface area (Å²) in [5.74, 6) is 0.618. The van der Waals surface area contributed by atoms with Gasteiger partial charge in [0.1, 0.15) is 0 Å². The molecule has 1 heteroatoms. The predicted molar refractivity (Wildman–Crippen MR) is 74.8 cm³/mol. The molecule has 0 aliphatic carbocycles. The summed E-state index contributed by atoms with van der Waals surface area (Å²) in [7, 11) is 0. The van der Waals surface area contributed by atoms with Crippen LogP contribution in [0.5, 0.6) is 0 Å². The highest BCUT2D eigenvalue weighted by Gasteiger charge is 1.96. The van der Waals surface area contributed by atoms with E-state index in [1.165, 1.54) is 15.0 Å². The fourth-order valence-corrected chi connectivity index (χ4v) is 2.50. The summed E-state index contributed by atoms with van der Waals surface area (Å²) >= 11 is 1.84. The Morgan fingerprint density at radius 1 is 1.12 bits per heavy atom. The summed E-state index contributed by atoms with van der Waals surface area (Å²) in [6.45, 7) is 4.37. The van der Waals surface area contributed by atoms with E-state index in [2.05, 4.69) is 68.5 Å². The Hall–Kier alpha value is -1.34. The van der Waals surface area contributed by atoms with Gasteiger partial charge in [-0.05, 0) is 29.5 Å². The van der Waals surface area contributed by atoms with E-state index in [1.807, 2.05) is 11.3 Å². The zero-order valence-corrected chi connectivity index (χ0v) is 10.5. The van der Waals surface area contributed by atoms with Gasteiger partial charge in [-0.15, -0.1) is 11.3 Å². The summed E-state index contributed by atoms with van der Waals surface area (Å²) in [6.07, 6.45) is 8.60. The molecule has 2 aromatic rings. The SMILES string of the molecule is CC(C)/C=C\C=C/c1cc2ccccc2s1. The Balaban J connectivity index is 2.15. The summed E-state index contributed by atoms with van der Waals surface area (Å²) in [4.78, 5) is 1.31. The molecule has 1 aromatic heterocycles. The Morgan fingerprint density at radius 3 is 2.69 bits per heavy atom. The quantitative estimate of drug-likeness (QED) is 0.639. The van der Waals surface area contributed by atoms with Crippen LogP contribution in [0.1, 0.15) is 18.7 Å². The third-order valence-corrected chi connectivity index (χ3v) is 3.39. The maximum Gasteiger partial charge on any atom is 0.0349 e. The van der Waals surface area contributed by atoms with Gasteiger partial charge in [0.15, 0.2) is 0 Å². The second-order valence-corrected chi connectivity index (χ2v) is 5.29. The van der Waals surface area contributed by atoms with Crippen molar-refractivity contribution in [1.29, 1.82) is 0 Å². The number of allylic oxidation sites excluding steroid dienone is 3. The van der Waals surface area contributed by atoms with Crippen molar-refractivity contribution < 1.29 is 0 Å². The van der Waals surface area contributed by atoms with Gasteiger partial charge in [-0.3, -0.25) is 0 Å². The first-order valence-corrected chi connectivity index (χ1v) is 6.41. The molecule has 0 saturated heterocycles. The molecule has 0 spiro atoms. The van der Waals surface area contributed by atoms with Crippen LogP contribution in [-0.2, 0) is 0 Å². The van der Waals surface area contributed by atoms with E-state index in [-0.39, 0.29) is 0 Å². The lowest BCUT2D eigenvalue weighted by atomic mass is 10.2. The minimum absolute atomic E-state index is 0.618. The van der Waals surface area contributed by atoms with Gasteiger partial charge in [0.2, 0.25) is 0 Å².